The molecule has 4 rings (SSSR count). The summed E-state index contributed by atoms with van der Waals surface area (Å²) >= 11 is 0. The lowest BCUT2D eigenvalue weighted by Gasteiger charge is -2.28. The third-order valence-electron chi connectivity index (χ3n) is 6.77. The van der Waals surface area contributed by atoms with Crippen LogP contribution in [0.3, 0.4) is 0 Å². The van der Waals surface area contributed by atoms with Gasteiger partial charge in [0.15, 0.2) is 23.2 Å². The van der Waals surface area contributed by atoms with Crippen molar-refractivity contribution < 1.29 is 31.8 Å². The van der Waals surface area contributed by atoms with Crippen molar-refractivity contribution in [3.63, 3.8) is 0 Å². The lowest BCUT2D eigenvalue weighted by atomic mass is 9.78. The largest absolute Gasteiger partial charge is 0.423 e. The molecular formula is C29H28F4O3. The summed E-state index contributed by atoms with van der Waals surface area (Å²) in [6, 6.07) is 12.9. The van der Waals surface area contributed by atoms with E-state index in [1.165, 1.54) is 12.1 Å². The van der Waals surface area contributed by atoms with Crippen LogP contribution in [0.2, 0.25) is 0 Å². The Balaban J connectivity index is 1.40. The first-order valence-corrected chi connectivity index (χ1v) is 12.1. The van der Waals surface area contributed by atoms with Crippen LogP contribution in [0.4, 0.5) is 17.6 Å². The zero-order valence-corrected chi connectivity index (χ0v) is 20.3. The Labute approximate surface area is 208 Å². The third-order valence-corrected chi connectivity index (χ3v) is 6.77. The van der Waals surface area contributed by atoms with Gasteiger partial charge in [0.1, 0.15) is 0 Å². The number of benzene rings is 3. The average molecular weight is 501 g/mol. The van der Waals surface area contributed by atoms with Gasteiger partial charge in [0.2, 0.25) is 5.82 Å². The van der Waals surface area contributed by atoms with Crippen LogP contribution in [0.5, 0.6) is 5.75 Å². The summed E-state index contributed by atoms with van der Waals surface area (Å²) in [6.45, 7) is 3.93. The van der Waals surface area contributed by atoms with Crippen LogP contribution in [-0.2, 0) is 16.1 Å². The second-order valence-electron chi connectivity index (χ2n) is 9.15. The lowest BCUT2D eigenvalue weighted by molar-refractivity contribution is -0.140. The molecule has 0 aliphatic heterocycles. The number of halogens is 4. The molecule has 1 fully saturated rings. The first-order valence-electron chi connectivity index (χ1n) is 12.1. The van der Waals surface area contributed by atoms with Crippen molar-refractivity contribution >= 4 is 5.97 Å². The molecule has 0 aromatic heterocycles. The highest BCUT2D eigenvalue weighted by molar-refractivity contribution is 5.75. The van der Waals surface area contributed by atoms with Crippen molar-refractivity contribution in [3.8, 4) is 16.9 Å². The number of hydrogen-bond donors (Lipinski definition) is 0. The minimum Gasteiger partial charge on any atom is -0.423 e. The molecule has 0 unspecified atom stereocenters. The van der Waals surface area contributed by atoms with Gasteiger partial charge in [-0.3, -0.25) is 4.79 Å². The molecule has 0 N–H and O–H groups in total. The van der Waals surface area contributed by atoms with Gasteiger partial charge in [0.05, 0.1) is 12.5 Å². The molecular weight excluding hydrogens is 472 g/mol. The number of carbonyl (C=O) groups is 1. The van der Waals surface area contributed by atoms with Crippen LogP contribution < -0.4 is 4.74 Å². The van der Waals surface area contributed by atoms with Crippen LogP contribution in [0.15, 0.2) is 48.5 Å². The fraction of sp³-hybridized carbons (Fsp3) is 0.345. The second-order valence-corrected chi connectivity index (χ2v) is 9.15. The van der Waals surface area contributed by atoms with E-state index < -0.39 is 40.9 Å². The zero-order valence-electron chi connectivity index (χ0n) is 20.3. The highest BCUT2D eigenvalue weighted by Gasteiger charge is 2.31. The third kappa shape index (κ3) is 5.46. The Morgan fingerprint density at radius 2 is 1.53 bits per heavy atom. The first kappa shape index (κ1) is 25.9. The maximum absolute atomic E-state index is 15.0. The van der Waals surface area contributed by atoms with Crippen molar-refractivity contribution in [1.82, 2.24) is 0 Å². The summed E-state index contributed by atoms with van der Waals surface area (Å²) in [5.74, 6) is -6.02. The highest BCUT2D eigenvalue weighted by Crippen LogP contribution is 2.39. The fourth-order valence-corrected chi connectivity index (χ4v) is 4.64. The summed E-state index contributed by atoms with van der Waals surface area (Å²) in [7, 11) is 0. The van der Waals surface area contributed by atoms with E-state index in [1.54, 1.807) is 31.2 Å². The van der Waals surface area contributed by atoms with Gasteiger partial charge in [-0.2, -0.15) is 4.39 Å². The van der Waals surface area contributed by atoms with E-state index in [0.29, 0.717) is 37.9 Å². The normalized spacial score (nSPS) is 17.7. The molecule has 0 radical (unpaired) electrons. The Bertz CT molecular complexity index is 1230. The standard InChI is InChI=1S/C29H28F4O3/c1-3-35-16-21-12-15-24(28(33)25(21)30)36-29(34)20-10-8-19(9-11-20)23-14-13-22(26(31)27(23)32)18-6-4-17(2)5-7-18/h4-7,12-15,19-20H,3,8-11,16H2,1-2H3. The predicted molar refractivity (Wildman–Crippen MR) is 129 cm³/mol. The van der Waals surface area contributed by atoms with Crippen LogP contribution in [-0.4, -0.2) is 12.6 Å². The molecule has 0 bridgehead atoms. The molecule has 0 saturated heterocycles. The summed E-state index contributed by atoms with van der Waals surface area (Å²) in [6.07, 6.45) is 1.64. The second kappa shape index (κ2) is 11.2. The smallest absolute Gasteiger partial charge is 0.314 e. The van der Waals surface area contributed by atoms with Gasteiger partial charge in [0, 0.05) is 17.7 Å². The van der Waals surface area contributed by atoms with Crippen molar-refractivity contribution in [2.45, 2.75) is 52.1 Å². The number of ether oxygens (including phenoxy) is 2. The van der Waals surface area contributed by atoms with E-state index in [1.807, 2.05) is 19.1 Å². The molecule has 3 aromatic rings. The number of rotatable bonds is 7. The maximum atomic E-state index is 15.0. The number of carbonyl (C=O) groups excluding carboxylic acids is 1. The fourth-order valence-electron chi connectivity index (χ4n) is 4.64. The average Bonchev–Trinajstić information content (AvgIpc) is 2.89. The van der Waals surface area contributed by atoms with Crippen molar-refractivity contribution in [1.29, 1.82) is 0 Å². The van der Waals surface area contributed by atoms with Gasteiger partial charge in [-0.25, -0.2) is 13.2 Å². The monoisotopic (exact) mass is 500 g/mol. The predicted octanol–water partition coefficient (Wildman–Crippen LogP) is 7.63. The van der Waals surface area contributed by atoms with Crippen molar-refractivity contribution in [2.24, 2.45) is 5.92 Å². The molecule has 190 valence electrons. The van der Waals surface area contributed by atoms with E-state index >= 15 is 0 Å². The van der Waals surface area contributed by atoms with Gasteiger partial charge in [-0.15, -0.1) is 0 Å². The topological polar surface area (TPSA) is 35.5 Å². The number of aryl methyl sites for hydroxylation is 1. The Hall–Kier alpha value is -3.19. The molecule has 7 heteroatoms. The van der Waals surface area contributed by atoms with Gasteiger partial charge in [-0.05, 0) is 68.7 Å². The molecule has 3 nitrogen and oxygen atoms in total. The first-order chi connectivity index (χ1) is 17.3. The highest BCUT2D eigenvalue weighted by atomic mass is 19.2. The van der Waals surface area contributed by atoms with Crippen LogP contribution in [0.1, 0.15) is 55.2 Å². The van der Waals surface area contributed by atoms with Crippen LogP contribution in [0.25, 0.3) is 11.1 Å². The summed E-state index contributed by atoms with van der Waals surface area (Å²) in [4.78, 5) is 12.6. The van der Waals surface area contributed by atoms with Crippen LogP contribution >= 0.6 is 0 Å². The molecule has 0 atom stereocenters. The van der Waals surface area contributed by atoms with E-state index in [2.05, 4.69) is 0 Å². The molecule has 0 heterocycles. The summed E-state index contributed by atoms with van der Waals surface area (Å²) in [5.41, 5.74) is 2.16. The Morgan fingerprint density at radius 3 is 2.19 bits per heavy atom. The molecule has 1 aliphatic carbocycles. The minimum atomic E-state index is -1.24. The lowest BCUT2D eigenvalue weighted by Crippen LogP contribution is -2.26. The van der Waals surface area contributed by atoms with E-state index in [9.17, 15) is 22.4 Å². The van der Waals surface area contributed by atoms with E-state index in [-0.39, 0.29) is 29.2 Å². The Kier molecular flexibility index (Phi) is 8.09. The minimum absolute atomic E-state index is 0.0392. The maximum Gasteiger partial charge on any atom is 0.314 e. The van der Waals surface area contributed by atoms with E-state index in [0.717, 1.165) is 5.56 Å². The van der Waals surface area contributed by atoms with Crippen molar-refractivity contribution in [3.05, 3.63) is 88.5 Å². The number of hydrogen-bond acceptors (Lipinski definition) is 3. The van der Waals surface area contributed by atoms with E-state index in [4.69, 9.17) is 9.47 Å². The molecule has 0 amide bonds. The molecule has 1 saturated carbocycles. The van der Waals surface area contributed by atoms with Crippen molar-refractivity contribution in [2.75, 3.05) is 6.61 Å². The van der Waals surface area contributed by atoms with Crippen LogP contribution in [0, 0.1) is 36.1 Å². The van der Waals surface area contributed by atoms with Gasteiger partial charge < -0.3 is 9.47 Å². The SMILES string of the molecule is CCOCc1ccc(OC(=O)C2CCC(c3ccc(-c4ccc(C)cc4)c(F)c3F)CC2)c(F)c1F. The molecule has 3 aromatic carbocycles. The molecule has 36 heavy (non-hydrogen) atoms. The number of esters is 1. The zero-order chi connectivity index (χ0) is 25.8. The van der Waals surface area contributed by atoms with Gasteiger partial charge >= 0.3 is 5.97 Å². The summed E-state index contributed by atoms with van der Waals surface area (Å²) < 4.78 is 68.7. The molecule has 1 aliphatic rings. The van der Waals surface area contributed by atoms with Gasteiger partial charge in [-0.1, -0.05) is 42.0 Å². The summed E-state index contributed by atoms with van der Waals surface area (Å²) in [5, 5.41) is 0. The quantitative estimate of drug-likeness (QED) is 0.190. The van der Waals surface area contributed by atoms with Gasteiger partial charge in [0.25, 0.3) is 0 Å². The Morgan fingerprint density at radius 1 is 0.833 bits per heavy atom. The molecule has 0 spiro atoms.